The van der Waals surface area contributed by atoms with Crippen LogP contribution in [0.5, 0.6) is 0 Å². The first-order chi connectivity index (χ1) is 8.16. The molecule has 1 heterocycles. The Morgan fingerprint density at radius 1 is 1.35 bits per heavy atom. The van der Waals surface area contributed by atoms with E-state index in [1.54, 1.807) is 4.90 Å². The molecule has 90 valence electrons. The van der Waals surface area contributed by atoms with Crippen molar-refractivity contribution in [2.24, 2.45) is 11.7 Å². The van der Waals surface area contributed by atoms with Crippen LogP contribution in [0.25, 0.3) is 0 Å². The predicted octanol–water partition coefficient (Wildman–Crippen LogP) is 2.01. The second-order valence-electron chi connectivity index (χ2n) is 5.20. The van der Waals surface area contributed by atoms with Gasteiger partial charge in [0.25, 0.3) is 0 Å². The van der Waals surface area contributed by atoms with E-state index < -0.39 is 0 Å². The minimum atomic E-state index is 0.184. The van der Waals surface area contributed by atoms with Crippen LogP contribution in [-0.4, -0.2) is 13.0 Å². The van der Waals surface area contributed by atoms with Crippen molar-refractivity contribution in [3.05, 3.63) is 29.3 Å². The summed E-state index contributed by atoms with van der Waals surface area (Å²) in [6, 6.07) is 6.51. The number of hydrogen-bond donors (Lipinski definition) is 1. The number of nitrogens with two attached hydrogens (primary N) is 1. The molecular formula is C14H18N2O. The van der Waals surface area contributed by atoms with Gasteiger partial charge in [0.2, 0.25) is 5.91 Å². The molecule has 1 amide bonds. The molecule has 2 aliphatic rings. The summed E-state index contributed by atoms with van der Waals surface area (Å²) in [5, 5.41) is 0. The van der Waals surface area contributed by atoms with Gasteiger partial charge in [0, 0.05) is 25.2 Å². The molecule has 0 radical (unpaired) electrons. The number of carbonyl (C=O) groups excluding carboxylic acids is 1. The van der Waals surface area contributed by atoms with Crippen molar-refractivity contribution in [2.75, 3.05) is 11.9 Å². The summed E-state index contributed by atoms with van der Waals surface area (Å²) in [6.45, 7) is 0. The lowest BCUT2D eigenvalue weighted by Gasteiger charge is -2.26. The maximum Gasteiger partial charge on any atom is 0.227 e. The molecule has 1 aliphatic heterocycles. The minimum Gasteiger partial charge on any atom is -0.324 e. The number of amides is 1. The Bertz CT molecular complexity index is 465. The van der Waals surface area contributed by atoms with Crippen LogP contribution in [0.2, 0.25) is 0 Å². The van der Waals surface area contributed by atoms with Crippen LogP contribution in [0, 0.1) is 5.92 Å². The van der Waals surface area contributed by atoms with Crippen LogP contribution >= 0.6 is 0 Å². The Kier molecular flexibility index (Phi) is 2.44. The first kappa shape index (κ1) is 10.8. The molecule has 0 aromatic heterocycles. The lowest BCUT2D eigenvalue weighted by molar-refractivity contribution is -0.118. The molecule has 3 nitrogen and oxygen atoms in total. The Morgan fingerprint density at radius 3 is 2.82 bits per heavy atom. The fourth-order valence-electron chi connectivity index (χ4n) is 2.61. The Morgan fingerprint density at radius 2 is 2.12 bits per heavy atom. The average Bonchev–Trinajstić information content (AvgIpc) is 3.17. The molecule has 0 saturated heterocycles. The second-order valence-corrected chi connectivity index (χ2v) is 5.20. The fraction of sp³-hybridized carbons (Fsp3) is 0.500. The average molecular weight is 230 g/mol. The van der Waals surface area contributed by atoms with Crippen molar-refractivity contribution in [1.29, 1.82) is 0 Å². The highest BCUT2D eigenvalue weighted by Gasteiger charge is 2.30. The molecule has 2 N–H and O–H groups in total. The zero-order valence-corrected chi connectivity index (χ0v) is 10.1. The zero-order chi connectivity index (χ0) is 12.0. The summed E-state index contributed by atoms with van der Waals surface area (Å²) >= 11 is 0. The standard InChI is InChI=1S/C14H18N2O/c1-16-12-6-4-11(14(15)9-2-3-9)8-10(12)5-7-13(16)17/h4,6,8-9,14H,2-3,5,7,15H2,1H3. The SMILES string of the molecule is CN1C(=O)CCc2cc(C(N)C3CC3)ccc21. The third-order valence-electron chi connectivity index (χ3n) is 3.96. The fourth-order valence-corrected chi connectivity index (χ4v) is 2.61. The van der Waals surface area contributed by atoms with Gasteiger partial charge in [-0.2, -0.15) is 0 Å². The van der Waals surface area contributed by atoms with E-state index in [1.807, 2.05) is 13.1 Å². The summed E-state index contributed by atoms with van der Waals surface area (Å²) in [4.78, 5) is 13.4. The van der Waals surface area contributed by atoms with Crippen molar-refractivity contribution in [3.8, 4) is 0 Å². The number of nitrogens with zero attached hydrogens (tertiary/aromatic N) is 1. The van der Waals surface area contributed by atoms with Gasteiger partial charge < -0.3 is 10.6 Å². The number of carbonyl (C=O) groups is 1. The molecular weight excluding hydrogens is 212 g/mol. The highest BCUT2D eigenvalue weighted by Crippen LogP contribution is 2.40. The first-order valence-corrected chi connectivity index (χ1v) is 6.32. The molecule has 1 aliphatic carbocycles. The van der Waals surface area contributed by atoms with Crippen LogP contribution in [0.3, 0.4) is 0 Å². The molecule has 3 heteroatoms. The third-order valence-corrected chi connectivity index (χ3v) is 3.96. The van der Waals surface area contributed by atoms with Crippen molar-refractivity contribution in [3.63, 3.8) is 0 Å². The van der Waals surface area contributed by atoms with Crippen molar-refractivity contribution in [1.82, 2.24) is 0 Å². The van der Waals surface area contributed by atoms with E-state index in [9.17, 15) is 4.79 Å². The van der Waals surface area contributed by atoms with E-state index in [4.69, 9.17) is 5.73 Å². The van der Waals surface area contributed by atoms with Crippen LogP contribution in [-0.2, 0) is 11.2 Å². The second kappa shape index (κ2) is 3.84. The number of rotatable bonds is 2. The largest absolute Gasteiger partial charge is 0.324 e. The molecule has 1 aromatic rings. The Hall–Kier alpha value is -1.35. The van der Waals surface area contributed by atoms with E-state index in [0.29, 0.717) is 12.3 Å². The van der Waals surface area contributed by atoms with Crippen molar-refractivity contribution in [2.45, 2.75) is 31.7 Å². The summed E-state index contributed by atoms with van der Waals surface area (Å²) in [6.07, 6.45) is 3.99. The zero-order valence-electron chi connectivity index (χ0n) is 10.1. The van der Waals surface area contributed by atoms with Gasteiger partial charge in [-0.25, -0.2) is 0 Å². The van der Waals surface area contributed by atoms with E-state index in [0.717, 1.165) is 12.1 Å². The van der Waals surface area contributed by atoms with E-state index in [-0.39, 0.29) is 11.9 Å². The van der Waals surface area contributed by atoms with Crippen molar-refractivity contribution >= 4 is 11.6 Å². The molecule has 3 rings (SSSR count). The number of hydrogen-bond acceptors (Lipinski definition) is 2. The van der Waals surface area contributed by atoms with Crippen LogP contribution in [0.4, 0.5) is 5.69 Å². The van der Waals surface area contributed by atoms with Gasteiger partial charge in [0.05, 0.1) is 0 Å². The molecule has 0 spiro atoms. The quantitative estimate of drug-likeness (QED) is 0.844. The van der Waals surface area contributed by atoms with Gasteiger partial charge in [-0.3, -0.25) is 4.79 Å². The third kappa shape index (κ3) is 1.84. The summed E-state index contributed by atoms with van der Waals surface area (Å²) < 4.78 is 0. The van der Waals surface area contributed by atoms with Crippen LogP contribution < -0.4 is 10.6 Å². The number of aryl methyl sites for hydroxylation is 1. The maximum atomic E-state index is 11.6. The number of fused-ring (bicyclic) bond motifs is 1. The van der Waals surface area contributed by atoms with Gasteiger partial charge in [-0.05, 0) is 42.4 Å². The molecule has 17 heavy (non-hydrogen) atoms. The van der Waals surface area contributed by atoms with E-state index >= 15 is 0 Å². The minimum absolute atomic E-state index is 0.184. The lowest BCUT2D eigenvalue weighted by Crippen LogP contribution is -2.31. The van der Waals surface area contributed by atoms with Gasteiger partial charge >= 0.3 is 0 Å². The van der Waals surface area contributed by atoms with Gasteiger partial charge in [-0.15, -0.1) is 0 Å². The highest BCUT2D eigenvalue weighted by molar-refractivity contribution is 5.95. The summed E-state index contributed by atoms with van der Waals surface area (Å²) in [7, 11) is 1.85. The Balaban J connectivity index is 1.93. The summed E-state index contributed by atoms with van der Waals surface area (Å²) in [5.74, 6) is 0.882. The first-order valence-electron chi connectivity index (χ1n) is 6.32. The summed E-state index contributed by atoms with van der Waals surface area (Å²) in [5.41, 5.74) is 9.76. The van der Waals surface area contributed by atoms with Crippen molar-refractivity contribution < 1.29 is 4.79 Å². The van der Waals surface area contributed by atoms with Crippen LogP contribution in [0.15, 0.2) is 18.2 Å². The molecule has 1 atom stereocenters. The van der Waals surface area contributed by atoms with Gasteiger partial charge in [-0.1, -0.05) is 12.1 Å². The van der Waals surface area contributed by atoms with Gasteiger partial charge in [0.1, 0.15) is 0 Å². The highest BCUT2D eigenvalue weighted by atomic mass is 16.2. The molecule has 1 unspecified atom stereocenters. The molecule has 1 aromatic carbocycles. The van der Waals surface area contributed by atoms with E-state index in [1.165, 1.54) is 24.0 Å². The molecule has 1 saturated carbocycles. The molecule has 1 fully saturated rings. The Labute approximate surface area is 102 Å². The lowest BCUT2D eigenvalue weighted by atomic mass is 9.95. The monoisotopic (exact) mass is 230 g/mol. The number of benzene rings is 1. The smallest absolute Gasteiger partial charge is 0.227 e. The maximum absolute atomic E-state index is 11.6. The topological polar surface area (TPSA) is 46.3 Å². The molecule has 0 bridgehead atoms. The van der Waals surface area contributed by atoms with Crippen LogP contribution in [0.1, 0.15) is 36.4 Å². The van der Waals surface area contributed by atoms with E-state index in [2.05, 4.69) is 12.1 Å². The number of anilines is 1. The normalized spacial score (nSPS) is 21.3. The predicted molar refractivity (Wildman–Crippen MR) is 67.8 cm³/mol. The van der Waals surface area contributed by atoms with Gasteiger partial charge in [0.15, 0.2) is 0 Å².